The Hall–Kier alpha value is -3.22. The molecule has 2 amide bonds. The molecule has 0 saturated heterocycles. The van der Waals surface area contributed by atoms with Gasteiger partial charge in [-0.15, -0.1) is 0 Å². The number of fused-ring (bicyclic) bond motifs is 1. The molecule has 0 radical (unpaired) electrons. The number of halogens is 1. The molecule has 6 nitrogen and oxygen atoms in total. The van der Waals surface area contributed by atoms with E-state index in [0.717, 1.165) is 11.3 Å². The van der Waals surface area contributed by atoms with E-state index in [2.05, 4.69) is 15.6 Å². The van der Waals surface area contributed by atoms with Crippen LogP contribution in [0.2, 0.25) is 0 Å². The largest absolute Gasteiger partial charge is 0.356 e. The molecule has 0 aliphatic rings. The van der Waals surface area contributed by atoms with Crippen molar-refractivity contribution < 1.29 is 14.0 Å². The lowest BCUT2D eigenvalue weighted by Crippen LogP contribution is -2.28. The summed E-state index contributed by atoms with van der Waals surface area (Å²) >= 11 is 0. The van der Waals surface area contributed by atoms with E-state index in [1.54, 1.807) is 0 Å². The lowest BCUT2D eigenvalue weighted by atomic mass is 10.2. The van der Waals surface area contributed by atoms with Crippen LogP contribution in [0, 0.1) is 5.82 Å². The SMILES string of the molecule is O=C(CCCNC(=O)c1ccc(F)cc1)NCCc1cn2ccccc2n1. The van der Waals surface area contributed by atoms with Crippen LogP contribution >= 0.6 is 0 Å². The second kappa shape index (κ2) is 8.93. The Morgan fingerprint density at radius 1 is 1.04 bits per heavy atom. The molecule has 0 aliphatic heterocycles. The van der Waals surface area contributed by atoms with Crippen LogP contribution in [0.1, 0.15) is 28.9 Å². The van der Waals surface area contributed by atoms with E-state index < -0.39 is 0 Å². The number of nitrogens with zero attached hydrogens (tertiary/aromatic N) is 2. The van der Waals surface area contributed by atoms with Gasteiger partial charge in [0.05, 0.1) is 5.69 Å². The third-order valence-corrected chi connectivity index (χ3v) is 4.09. The first-order valence-electron chi connectivity index (χ1n) is 8.85. The molecule has 0 aliphatic carbocycles. The highest BCUT2D eigenvalue weighted by Gasteiger charge is 2.06. The predicted molar refractivity (Wildman–Crippen MR) is 99.9 cm³/mol. The second-order valence-corrected chi connectivity index (χ2v) is 6.16. The number of nitrogens with one attached hydrogen (secondary N) is 2. The summed E-state index contributed by atoms with van der Waals surface area (Å²) in [5.41, 5.74) is 2.21. The van der Waals surface area contributed by atoms with Crippen molar-refractivity contribution in [3.05, 3.63) is 71.9 Å². The zero-order chi connectivity index (χ0) is 19.1. The Morgan fingerprint density at radius 3 is 2.63 bits per heavy atom. The average Bonchev–Trinajstić information content (AvgIpc) is 3.08. The van der Waals surface area contributed by atoms with Crippen LogP contribution in [0.5, 0.6) is 0 Å². The zero-order valence-electron chi connectivity index (χ0n) is 14.8. The van der Waals surface area contributed by atoms with E-state index >= 15 is 0 Å². The first-order chi connectivity index (χ1) is 13.1. The van der Waals surface area contributed by atoms with Gasteiger partial charge in [0.15, 0.2) is 0 Å². The molecule has 0 bridgehead atoms. The molecule has 140 valence electrons. The van der Waals surface area contributed by atoms with Crippen LogP contribution in [-0.4, -0.2) is 34.3 Å². The Balaban J connectivity index is 1.31. The maximum Gasteiger partial charge on any atom is 0.251 e. The minimum atomic E-state index is -0.383. The van der Waals surface area contributed by atoms with Crippen molar-refractivity contribution >= 4 is 17.5 Å². The van der Waals surface area contributed by atoms with Crippen LogP contribution in [0.4, 0.5) is 4.39 Å². The van der Waals surface area contributed by atoms with Crippen LogP contribution in [0.15, 0.2) is 54.9 Å². The maximum atomic E-state index is 12.8. The number of carbonyl (C=O) groups is 2. The standard InChI is InChI=1S/C20H21FN4O2/c21-16-8-6-15(7-9-16)20(27)23-11-3-5-19(26)22-12-10-17-14-25-13-2-1-4-18(25)24-17/h1-2,4,6-9,13-14H,3,5,10-12H2,(H,22,26)(H,23,27). The number of amides is 2. The number of rotatable bonds is 8. The monoisotopic (exact) mass is 368 g/mol. The number of carbonyl (C=O) groups excluding carboxylic acids is 2. The number of imidazole rings is 1. The molecule has 2 aromatic heterocycles. The number of benzene rings is 1. The fraction of sp³-hybridized carbons (Fsp3) is 0.250. The Kier molecular flexibility index (Phi) is 6.14. The smallest absolute Gasteiger partial charge is 0.251 e. The van der Waals surface area contributed by atoms with Gasteiger partial charge in [0.2, 0.25) is 5.91 Å². The molecular formula is C20H21FN4O2. The van der Waals surface area contributed by atoms with E-state index in [9.17, 15) is 14.0 Å². The van der Waals surface area contributed by atoms with Crippen molar-refractivity contribution in [3.8, 4) is 0 Å². The molecule has 7 heteroatoms. The molecule has 27 heavy (non-hydrogen) atoms. The molecule has 0 spiro atoms. The van der Waals surface area contributed by atoms with Crippen molar-refractivity contribution in [3.63, 3.8) is 0 Å². The molecule has 0 saturated carbocycles. The normalized spacial score (nSPS) is 10.7. The number of pyridine rings is 1. The van der Waals surface area contributed by atoms with Crippen molar-refractivity contribution in [2.24, 2.45) is 0 Å². The van der Waals surface area contributed by atoms with Gasteiger partial charge in [-0.25, -0.2) is 9.37 Å². The molecule has 0 fully saturated rings. The molecule has 0 unspecified atom stereocenters. The van der Waals surface area contributed by atoms with Crippen molar-refractivity contribution in [1.29, 1.82) is 0 Å². The van der Waals surface area contributed by atoms with Crippen molar-refractivity contribution in [1.82, 2.24) is 20.0 Å². The van der Waals surface area contributed by atoms with E-state index in [0.29, 0.717) is 37.9 Å². The third kappa shape index (κ3) is 5.37. The van der Waals surface area contributed by atoms with Gasteiger partial charge >= 0.3 is 0 Å². The molecule has 1 aromatic carbocycles. The topological polar surface area (TPSA) is 75.5 Å². The summed E-state index contributed by atoms with van der Waals surface area (Å²) in [6, 6.07) is 11.1. The summed E-state index contributed by atoms with van der Waals surface area (Å²) in [7, 11) is 0. The molecule has 2 N–H and O–H groups in total. The zero-order valence-corrected chi connectivity index (χ0v) is 14.8. The first kappa shape index (κ1) is 18.6. The number of hydrogen-bond donors (Lipinski definition) is 2. The van der Waals surface area contributed by atoms with Gasteiger partial charge in [0.25, 0.3) is 5.91 Å². The van der Waals surface area contributed by atoms with Crippen LogP contribution in [-0.2, 0) is 11.2 Å². The first-order valence-corrected chi connectivity index (χ1v) is 8.85. The summed E-state index contributed by atoms with van der Waals surface area (Å²) in [5.74, 6) is -0.719. The summed E-state index contributed by atoms with van der Waals surface area (Å²) in [6.45, 7) is 0.903. The van der Waals surface area contributed by atoms with Gasteiger partial charge in [0, 0.05) is 43.9 Å². The fourth-order valence-electron chi connectivity index (χ4n) is 2.68. The van der Waals surface area contributed by atoms with Gasteiger partial charge in [-0.1, -0.05) is 6.07 Å². The van der Waals surface area contributed by atoms with Gasteiger partial charge in [0.1, 0.15) is 11.5 Å². The average molecular weight is 368 g/mol. The summed E-state index contributed by atoms with van der Waals surface area (Å²) in [6.07, 6.45) is 5.41. The minimum Gasteiger partial charge on any atom is -0.356 e. The molecule has 3 aromatic rings. The van der Waals surface area contributed by atoms with Crippen LogP contribution in [0.25, 0.3) is 5.65 Å². The number of hydrogen-bond acceptors (Lipinski definition) is 3. The van der Waals surface area contributed by atoms with Crippen molar-refractivity contribution in [2.45, 2.75) is 19.3 Å². The van der Waals surface area contributed by atoms with Crippen molar-refractivity contribution in [2.75, 3.05) is 13.1 Å². The predicted octanol–water partition coefficient (Wildman–Crippen LogP) is 2.34. The third-order valence-electron chi connectivity index (χ3n) is 4.09. The van der Waals surface area contributed by atoms with Gasteiger partial charge in [-0.05, 0) is 42.8 Å². The van der Waals surface area contributed by atoms with E-state index in [1.807, 2.05) is 35.0 Å². The van der Waals surface area contributed by atoms with Gasteiger partial charge < -0.3 is 15.0 Å². The summed E-state index contributed by atoms with van der Waals surface area (Å²) in [4.78, 5) is 28.2. The second-order valence-electron chi connectivity index (χ2n) is 6.16. The molecule has 2 heterocycles. The maximum absolute atomic E-state index is 12.8. The summed E-state index contributed by atoms with van der Waals surface area (Å²) in [5, 5.41) is 5.58. The Morgan fingerprint density at radius 2 is 1.85 bits per heavy atom. The van der Waals surface area contributed by atoms with E-state index in [-0.39, 0.29) is 17.6 Å². The van der Waals surface area contributed by atoms with E-state index in [1.165, 1.54) is 24.3 Å². The number of aromatic nitrogens is 2. The van der Waals surface area contributed by atoms with Gasteiger partial charge in [-0.3, -0.25) is 9.59 Å². The van der Waals surface area contributed by atoms with Crippen LogP contribution < -0.4 is 10.6 Å². The highest BCUT2D eigenvalue weighted by Crippen LogP contribution is 2.05. The summed E-state index contributed by atoms with van der Waals surface area (Å²) < 4.78 is 14.8. The molecule has 0 atom stereocenters. The Bertz CT molecular complexity index is 888. The fourth-order valence-corrected chi connectivity index (χ4v) is 2.68. The van der Waals surface area contributed by atoms with E-state index in [4.69, 9.17) is 0 Å². The lowest BCUT2D eigenvalue weighted by molar-refractivity contribution is -0.121. The Labute approximate surface area is 156 Å². The molecule has 3 rings (SSSR count). The van der Waals surface area contributed by atoms with Gasteiger partial charge in [-0.2, -0.15) is 0 Å². The minimum absolute atomic E-state index is 0.0604. The van der Waals surface area contributed by atoms with Crippen LogP contribution in [0.3, 0.4) is 0 Å². The quantitative estimate of drug-likeness (QED) is 0.599. The molecular weight excluding hydrogens is 347 g/mol. The highest BCUT2D eigenvalue weighted by molar-refractivity contribution is 5.94. The highest BCUT2D eigenvalue weighted by atomic mass is 19.1. The lowest BCUT2D eigenvalue weighted by Gasteiger charge is -2.06.